The summed E-state index contributed by atoms with van der Waals surface area (Å²) in [5.74, 6) is 1.32. The molecule has 5 aliphatic carbocycles. The Bertz CT molecular complexity index is 1470. The zero-order valence-corrected chi connectivity index (χ0v) is 30.4. The van der Waals surface area contributed by atoms with E-state index in [2.05, 4.69) is 67.6 Å². The number of carbonyl (C=O) groups excluding carboxylic acids is 3. The van der Waals surface area contributed by atoms with Crippen molar-refractivity contribution in [3.8, 4) is 0 Å². The van der Waals surface area contributed by atoms with Crippen LogP contribution in [0.3, 0.4) is 0 Å². The Balaban J connectivity index is 1.29. The molecule has 1 N–H and O–H groups in total. The number of nitrogens with one attached hydrogen (secondary N) is 1. The summed E-state index contributed by atoms with van der Waals surface area (Å²) in [4.78, 5) is 41.0. The van der Waals surface area contributed by atoms with Crippen LogP contribution in [-0.4, -0.2) is 23.8 Å². The van der Waals surface area contributed by atoms with Gasteiger partial charge in [-0.1, -0.05) is 62.3 Å². The number of carbonyl (C=O) groups is 3. The van der Waals surface area contributed by atoms with E-state index in [1.165, 1.54) is 12.1 Å². The van der Waals surface area contributed by atoms with Crippen LogP contribution in [0.4, 0.5) is 10.1 Å². The van der Waals surface area contributed by atoms with Crippen molar-refractivity contribution in [3.63, 3.8) is 0 Å². The predicted molar refractivity (Wildman–Crippen MR) is 184 cm³/mol. The quantitative estimate of drug-likeness (QED) is 0.323. The highest BCUT2D eigenvalue weighted by molar-refractivity contribution is 6.09. The van der Waals surface area contributed by atoms with Crippen LogP contribution >= 0.6 is 0 Å². The van der Waals surface area contributed by atoms with E-state index in [9.17, 15) is 18.8 Å². The third-order valence-electron chi connectivity index (χ3n) is 14.0. The second-order valence-corrected chi connectivity index (χ2v) is 18.7. The summed E-state index contributed by atoms with van der Waals surface area (Å²) in [7, 11) is 0. The zero-order valence-electron chi connectivity index (χ0n) is 30.4. The molecule has 0 spiro atoms. The number of halogens is 1. The summed E-state index contributed by atoms with van der Waals surface area (Å²) in [6, 6.07) is 5.94. The highest BCUT2D eigenvalue weighted by atomic mass is 19.1. The maximum absolute atomic E-state index is 14.3. The normalized spacial score (nSPS) is 37.9. The molecule has 5 nitrogen and oxygen atoms in total. The number of hydrogen-bond acceptors (Lipinski definition) is 4. The lowest BCUT2D eigenvalue weighted by Gasteiger charge is -2.68. The van der Waals surface area contributed by atoms with Crippen LogP contribution in [0.15, 0.2) is 35.4 Å². The number of allylic oxidation sites excluding steroid dienone is 1. The molecule has 6 heteroatoms. The van der Waals surface area contributed by atoms with Crippen molar-refractivity contribution in [1.29, 1.82) is 0 Å². The molecular formula is C41H58FNO4. The fourth-order valence-corrected chi connectivity index (χ4v) is 12.2. The van der Waals surface area contributed by atoms with E-state index >= 15 is 0 Å². The minimum absolute atomic E-state index is 0.0608. The standard InChI is InChI=1S/C41H58FNO4/c1-24(2)34-29(44)22-41(36(46)43-26-12-10-25(42)11-13-26)21-16-28-27(35(34)41)14-15-31-39(28,8)19-17-30-38(6,7)32(18-20-40(30,31)9)47-33(45)23-37(3,4)5/h10-13,24,27-28,30-32H,14-23H2,1-9H3,(H,43,46)/t27?,28?,30?,31?,32-,39-,40-,41?/m0/s1. The minimum atomic E-state index is -0.826. The fraction of sp³-hybridized carbons (Fsp3) is 0.732. The highest BCUT2D eigenvalue weighted by Crippen LogP contribution is 2.73. The zero-order chi connectivity index (χ0) is 34.3. The second kappa shape index (κ2) is 11.5. The van der Waals surface area contributed by atoms with Gasteiger partial charge in [0.1, 0.15) is 11.9 Å². The Kier molecular flexibility index (Phi) is 8.44. The number of Topliss-reactive ketones (excluding diaryl/α,β-unsaturated/α-hetero) is 1. The maximum atomic E-state index is 14.3. The van der Waals surface area contributed by atoms with Gasteiger partial charge < -0.3 is 10.1 Å². The molecule has 5 aliphatic rings. The summed E-state index contributed by atoms with van der Waals surface area (Å²) in [5.41, 5.74) is 1.83. The van der Waals surface area contributed by atoms with Crippen LogP contribution < -0.4 is 5.32 Å². The van der Waals surface area contributed by atoms with E-state index in [4.69, 9.17) is 4.74 Å². The molecule has 0 saturated heterocycles. The third kappa shape index (κ3) is 5.52. The van der Waals surface area contributed by atoms with Crippen molar-refractivity contribution >= 4 is 23.3 Å². The van der Waals surface area contributed by atoms with Gasteiger partial charge in [-0.15, -0.1) is 0 Å². The molecule has 4 saturated carbocycles. The van der Waals surface area contributed by atoms with Gasteiger partial charge in [0.15, 0.2) is 5.78 Å². The first-order chi connectivity index (χ1) is 21.8. The molecule has 6 rings (SSSR count). The Morgan fingerprint density at radius 1 is 0.915 bits per heavy atom. The van der Waals surface area contributed by atoms with E-state index in [0.29, 0.717) is 36.3 Å². The fourth-order valence-electron chi connectivity index (χ4n) is 12.2. The van der Waals surface area contributed by atoms with Gasteiger partial charge in [0.05, 0.1) is 11.8 Å². The Hall–Kier alpha value is -2.50. The lowest BCUT2D eigenvalue weighted by atomic mass is 9.36. The topological polar surface area (TPSA) is 72.5 Å². The Morgan fingerprint density at radius 3 is 2.21 bits per heavy atom. The number of esters is 1. The minimum Gasteiger partial charge on any atom is -0.462 e. The number of anilines is 1. The van der Waals surface area contributed by atoms with Gasteiger partial charge in [0.25, 0.3) is 0 Å². The first-order valence-electron chi connectivity index (χ1n) is 18.4. The average molecular weight is 648 g/mol. The molecule has 8 atom stereocenters. The van der Waals surface area contributed by atoms with Gasteiger partial charge in [-0.3, -0.25) is 14.4 Å². The van der Waals surface area contributed by atoms with Gasteiger partial charge >= 0.3 is 5.97 Å². The van der Waals surface area contributed by atoms with Crippen LogP contribution in [0, 0.1) is 62.5 Å². The van der Waals surface area contributed by atoms with E-state index in [1.54, 1.807) is 12.1 Å². The molecule has 258 valence electrons. The Morgan fingerprint density at radius 2 is 1.57 bits per heavy atom. The van der Waals surface area contributed by atoms with Crippen molar-refractivity contribution in [3.05, 3.63) is 41.2 Å². The van der Waals surface area contributed by atoms with Crippen molar-refractivity contribution in [2.24, 2.45) is 56.7 Å². The van der Waals surface area contributed by atoms with Gasteiger partial charge in [0, 0.05) is 17.5 Å². The molecule has 5 unspecified atom stereocenters. The molecule has 1 aromatic carbocycles. The van der Waals surface area contributed by atoms with E-state index in [1.807, 2.05) is 0 Å². The van der Waals surface area contributed by atoms with Crippen molar-refractivity contribution in [1.82, 2.24) is 0 Å². The van der Waals surface area contributed by atoms with Crippen LogP contribution in [0.2, 0.25) is 0 Å². The largest absolute Gasteiger partial charge is 0.462 e. The predicted octanol–water partition coefficient (Wildman–Crippen LogP) is 9.70. The SMILES string of the molecule is CC(C)C1=C2C3CCC4[C@@](C)(CCC5C(C)(C)[C@@H](OC(=O)CC(C)(C)C)CC[C@@]54C)C3CCC2(C(=O)Nc2ccc(F)cc2)CC1=O. The molecule has 0 radical (unpaired) electrons. The van der Waals surface area contributed by atoms with E-state index in [0.717, 1.165) is 56.1 Å². The molecule has 1 aromatic rings. The summed E-state index contributed by atoms with van der Waals surface area (Å²) in [5, 5.41) is 3.10. The molecular weight excluding hydrogens is 589 g/mol. The number of rotatable bonds is 5. The summed E-state index contributed by atoms with van der Waals surface area (Å²) >= 11 is 0. The first-order valence-corrected chi connectivity index (χ1v) is 18.4. The van der Waals surface area contributed by atoms with Gasteiger partial charge in [-0.05, 0) is 133 Å². The monoisotopic (exact) mass is 647 g/mol. The van der Waals surface area contributed by atoms with Crippen molar-refractivity contribution in [2.45, 2.75) is 133 Å². The molecule has 47 heavy (non-hydrogen) atoms. The van der Waals surface area contributed by atoms with Gasteiger partial charge in [-0.25, -0.2) is 4.39 Å². The summed E-state index contributed by atoms with van der Waals surface area (Å²) < 4.78 is 19.9. The van der Waals surface area contributed by atoms with Crippen LogP contribution in [0.1, 0.15) is 127 Å². The number of ketones is 1. The van der Waals surface area contributed by atoms with Gasteiger partial charge in [-0.2, -0.15) is 0 Å². The molecule has 1 amide bonds. The maximum Gasteiger partial charge on any atom is 0.306 e. The van der Waals surface area contributed by atoms with Crippen LogP contribution in [0.25, 0.3) is 0 Å². The number of benzene rings is 1. The molecule has 0 heterocycles. The van der Waals surface area contributed by atoms with Crippen LogP contribution in [0.5, 0.6) is 0 Å². The number of fused-ring (bicyclic) bond motifs is 7. The first kappa shape index (κ1) is 34.4. The number of amides is 1. The smallest absolute Gasteiger partial charge is 0.306 e. The van der Waals surface area contributed by atoms with E-state index in [-0.39, 0.29) is 69.5 Å². The Labute approximate surface area is 282 Å². The van der Waals surface area contributed by atoms with Crippen LogP contribution in [-0.2, 0) is 19.1 Å². The number of ether oxygens (including phenoxy) is 1. The lowest BCUT2D eigenvalue weighted by molar-refractivity contribution is -0.213. The van der Waals surface area contributed by atoms with Crippen molar-refractivity contribution < 1.29 is 23.5 Å². The molecule has 0 aliphatic heterocycles. The highest BCUT2D eigenvalue weighted by Gasteiger charge is 2.67. The summed E-state index contributed by atoms with van der Waals surface area (Å²) in [6.45, 7) is 20.2. The van der Waals surface area contributed by atoms with Crippen molar-refractivity contribution in [2.75, 3.05) is 5.32 Å². The van der Waals surface area contributed by atoms with E-state index < -0.39 is 5.41 Å². The third-order valence-corrected chi connectivity index (χ3v) is 14.0. The molecule has 0 bridgehead atoms. The molecule has 4 fully saturated rings. The summed E-state index contributed by atoms with van der Waals surface area (Å²) in [6.07, 6.45) is 8.53. The second-order valence-electron chi connectivity index (χ2n) is 18.7. The van der Waals surface area contributed by atoms with Gasteiger partial charge in [0.2, 0.25) is 5.91 Å². The molecule has 0 aromatic heterocycles. The number of hydrogen-bond donors (Lipinski definition) is 1. The lowest BCUT2D eigenvalue weighted by Crippen LogP contribution is -2.63. The average Bonchev–Trinajstić information content (AvgIpc) is 3.28.